The quantitative estimate of drug-likeness (QED) is 0.362. The Labute approximate surface area is 214 Å². The molecule has 3 aromatic carbocycles. The van der Waals surface area contributed by atoms with E-state index in [0.29, 0.717) is 31.7 Å². The zero-order valence-electron chi connectivity index (χ0n) is 20.4. The molecule has 0 unspecified atom stereocenters. The first-order valence-electron chi connectivity index (χ1n) is 12.8. The van der Waals surface area contributed by atoms with E-state index >= 15 is 0 Å². The van der Waals surface area contributed by atoms with Crippen molar-refractivity contribution in [1.82, 2.24) is 9.88 Å². The van der Waals surface area contributed by atoms with E-state index in [-0.39, 0.29) is 11.9 Å². The van der Waals surface area contributed by atoms with Crippen molar-refractivity contribution in [2.45, 2.75) is 36.9 Å². The van der Waals surface area contributed by atoms with E-state index in [0.717, 1.165) is 46.2 Å². The molecule has 7 rings (SSSR count). The SMILES string of the molecule is O=C1O[C@]2(CCN(C(=O)C3(c4ccc(OCc5nccc6ccccc56)cc4)CC3)C2)c2ccccc21. The van der Waals surface area contributed by atoms with Crippen LogP contribution in [0.15, 0.2) is 85.1 Å². The minimum absolute atomic E-state index is 0.124. The van der Waals surface area contributed by atoms with E-state index in [1.807, 2.05) is 65.6 Å². The number of hydrogen-bond donors (Lipinski definition) is 0. The molecule has 0 bridgehead atoms. The maximum Gasteiger partial charge on any atom is 0.339 e. The Morgan fingerprint density at radius 1 is 0.946 bits per heavy atom. The third-order valence-electron chi connectivity index (χ3n) is 8.14. The molecule has 3 aliphatic rings. The molecule has 1 spiro atoms. The summed E-state index contributed by atoms with van der Waals surface area (Å²) in [5.41, 5.74) is 2.22. The normalized spacial score (nSPS) is 21.2. The van der Waals surface area contributed by atoms with Crippen molar-refractivity contribution >= 4 is 22.6 Å². The monoisotopic (exact) mass is 490 g/mol. The van der Waals surface area contributed by atoms with E-state index in [2.05, 4.69) is 17.1 Å². The molecule has 0 radical (unpaired) electrons. The van der Waals surface area contributed by atoms with Crippen LogP contribution in [-0.4, -0.2) is 34.8 Å². The van der Waals surface area contributed by atoms with Crippen LogP contribution in [0, 0.1) is 0 Å². The number of carbonyl (C=O) groups is 2. The van der Waals surface area contributed by atoms with Gasteiger partial charge in [0.2, 0.25) is 5.91 Å². The molecule has 1 atom stereocenters. The van der Waals surface area contributed by atoms with Gasteiger partial charge < -0.3 is 14.4 Å². The maximum atomic E-state index is 13.7. The molecule has 37 heavy (non-hydrogen) atoms. The van der Waals surface area contributed by atoms with Crippen LogP contribution in [0.25, 0.3) is 10.8 Å². The Bertz CT molecular complexity index is 1540. The van der Waals surface area contributed by atoms with Crippen molar-refractivity contribution in [2.75, 3.05) is 13.1 Å². The van der Waals surface area contributed by atoms with Gasteiger partial charge in [0.1, 0.15) is 12.4 Å². The van der Waals surface area contributed by atoms with Gasteiger partial charge in [-0.05, 0) is 48.1 Å². The predicted molar refractivity (Wildman–Crippen MR) is 138 cm³/mol. The first-order valence-corrected chi connectivity index (χ1v) is 12.8. The Kier molecular flexibility index (Phi) is 4.86. The molecular weight excluding hydrogens is 464 g/mol. The second-order valence-electron chi connectivity index (χ2n) is 10.3. The van der Waals surface area contributed by atoms with Crippen LogP contribution in [-0.2, 0) is 27.2 Å². The van der Waals surface area contributed by atoms with Crippen molar-refractivity contribution in [3.05, 3.63) is 107 Å². The molecule has 6 heteroatoms. The largest absolute Gasteiger partial charge is 0.487 e. The molecule has 1 saturated heterocycles. The molecule has 1 aliphatic carbocycles. The number of benzene rings is 3. The average molecular weight is 491 g/mol. The lowest BCUT2D eigenvalue weighted by Crippen LogP contribution is -2.40. The molecular formula is C31H26N2O4. The number of likely N-dealkylation sites (tertiary alicyclic amines) is 1. The van der Waals surface area contributed by atoms with E-state index in [1.165, 1.54) is 0 Å². The molecule has 6 nitrogen and oxygen atoms in total. The molecule has 3 heterocycles. The Balaban J connectivity index is 1.06. The zero-order valence-corrected chi connectivity index (χ0v) is 20.4. The van der Waals surface area contributed by atoms with E-state index in [4.69, 9.17) is 9.47 Å². The summed E-state index contributed by atoms with van der Waals surface area (Å²) < 4.78 is 11.9. The lowest BCUT2D eigenvalue weighted by molar-refractivity contribution is -0.134. The second kappa shape index (κ2) is 8.17. The molecule has 1 aromatic heterocycles. The third kappa shape index (κ3) is 3.50. The summed E-state index contributed by atoms with van der Waals surface area (Å²) in [5, 5.41) is 2.23. The molecule has 184 valence electrons. The number of esters is 1. The van der Waals surface area contributed by atoms with Crippen LogP contribution in [0.5, 0.6) is 5.75 Å². The van der Waals surface area contributed by atoms with Gasteiger partial charge in [-0.1, -0.05) is 54.6 Å². The number of amides is 1. The summed E-state index contributed by atoms with van der Waals surface area (Å²) in [5.74, 6) is 0.579. The van der Waals surface area contributed by atoms with Crippen LogP contribution < -0.4 is 4.74 Å². The average Bonchev–Trinajstić information content (AvgIpc) is 3.57. The van der Waals surface area contributed by atoms with Crippen molar-refractivity contribution in [3.63, 3.8) is 0 Å². The van der Waals surface area contributed by atoms with Crippen molar-refractivity contribution in [3.8, 4) is 5.75 Å². The highest BCUT2D eigenvalue weighted by molar-refractivity contribution is 5.96. The Morgan fingerprint density at radius 3 is 2.57 bits per heavy atom. The van der Waals surface area contributed by atoms with Gasteiger partial charge in [0.15, 0.2) is 5.60 Å². The summed E-state index contributed by atoms with van der Waals surface area (Å²) in [6.07, 6.45) is 4.09. The van der Waals surface area contributed by atoms with Gasteiger partial charge in [-0.3, -0.25) is 9.78 Å². The van der Waals surface area contributed by atoms with E-state index in [1.54, 1.807) is 12.3 Å². The molecule has 0 N–H and O–H groups in total. The number of rotatable bonds is 5. The van der Waals surface area contributed by atoms with Gasteiger partial charge >= 0.3 is 5.97 Å². The Hall–Kier alpha value is -4.19. The number of fused-ring (bicyclic) bond motifs is 3. The number of ether oxygens (including phenoxy) is 2. The molecule has 2 fully saturated rings. The highest BCUT2D eigenvalue weighted by Gasteiger charge is 2.57. The predicted octanol–water partition coefficient (Wildman–Crippen LogP) is 5.14. The van der Waals surface area contributed by atoms with E-state index < -0.39 is 11.0 Å². The van der Waals surface area contributed by atoms with Crippen LogP contribution in [0.1, 0.15) is 46.4 Å². The van der Waals surface area contributed by atoms with Crippen LogP contribution in [0.3, 0.4) is 0 Å². The van der Waals surface area contributed by atoms with E-state index in [9.17, 15) is 9.59 Å². The highest BCUT2D eigenvalue weighted by atomic mass is 16.6. The van der Waals surface area contributed by atoms with Crippen molar-refractivity contribution < 1.29 is 19.1 Å². The zero-order chi connectivity index (χ0) is 25.0. The van der Waals surface area contributed by atoms with Crippen LogP contribution in [0.2, 0.25) is 0 Å². The van der Waals surface area contributed by atoms with Crippen molar-refractivity contribution in [1.29, 1.82) is 0 Å². The molecule has 4 aromatic rings. The smallest absolute Gasteiger partial charge is 0.339 e. The number of pyridine rings is 1. The first-order chi connectivity index (χ1) is 18.1. The van der Waals surface area contributed by atoms with Gasteiger partial charge in [-0.25, -0.2) is 4.79 Å². The van der Waals surface area contributed by atoms with Gasteiger partial charge in [0.25, 0.3) is 0 Å². The van der Waals surface area contributed by atoms with Gasteiger partial charge in [-0.15, -0.1) is 0 Å². The van der Waals surface area contributed by atoms with Gasteiger partial charge in [0, 0.05) is 30.1 Å². The fourth-order valence-corrected chi connectivity index (χ4v) is 5.98. The molecule has 2 aliphatic heterocycles. The number of carbonyl (C=O) groups excluding carboxylic acids is 2. The summed E-state index contributed by atoms with van der Waals surface area (Å²) in [6, 6.07) is 25.6. The molecule has 1 saturated carbocycles. The standard InChI is InChI=1S/C31H26N2O4/c34-28-25-7-3-4-8-26(25)31(37-28)16-18-33(20-31)29(35)30(14-15-30)22-9-11-23(12-10-22)36-19-27-24-6-2-1-5-21(24)13-17-32-27/h1-13,17H,14-16,18-20H2/t31-/m0/s1. The topological polar surface area (TPSA) is 68.7 Å². The fraction of sp³-hybridized carbons (Fsp3) is 0.258. The van der Waals surface area contributed by atoms with Crippen molar-refractivity contribution in [2.24, 2.45) is 0 Å². The number of nitrogens with zero attached hydrogens (tertiary/aromatic N) is 2. The summed E-state index contributed by atoms with van der Waals surface area (Å²) in [6.45, 7) is 1.37. The summed E-state index contributed by atoms with van der Waals surface area (Å²) in [7, 11) is 0. The second-order valence-corrected chi connectivity index (χ2v) is 10.3. The number of hydrogen-bond acceptors (Lipinski definition) is 5. The van der Waals surface area contributed by atoms with Gasteiger partial charge in [0.05, 0.1) is 23.2 Å². The van der Waals surface area contributed by atoms with Crippen LogP contribution >= 0.6 is 0 Å². The lowest BCUT2D eigenvalue weighted by Gasteiger charge is -2.27. The fourth-order valence-electron chi connectivity index (χ4n) is 5.98. The maximum absolute atomic E-state index is 13.7. The van der Waals surface area contributed by atoms with Gasteiger partial charge in [-0.2, -0.15) is 0 Å². The molecule has 1 amide bonds. The minimum Gasteiger partial charge on any atom is -0.487 e. The Morgan fingerprint density at radius 2 is 1.73 bits per heavy atom. The lowest BCUT2D eigenvalue weighted by atomic mass is 9.91. The highest BCUT2D eigenvalue weighted by Crippen LogP contribution is 2.52. The summed E-state index contributed by atoms with van der Waals surface area (Å²) >= 11 is 0. The third-order valence-corrected chi connectivity index (χ3v) is 8.14. The van der Waals surface area contributed by atoms with Crippen LogP contribution in [0.4, 0.5) is 0 Å². The number of aromatic nitrogens is 1. The minimum atomic E-state index is -0.716. The first kappa shape index (κ1) is 22.0. The summed E-state index contributed by atoms with van der Waals surface area (Å²) in [4.78, 5) is 32.5.